The first-order chi connectivity index (χ1) is 7.46. The fourth-order valence-electron chi connectivity index (χ4n) is 1.78. The molecule has 1 aliphatic rings. The number of benzene rings is 1. The third-order valence-electron chi connectivity index (χ3n) is 2.86. The normalized spacial score (nSPS) is 17.9. The molecule has 16 heavy (non-hydrogen) atoms. The predicted molar refractivity (Wildman–Crippen MR) is 55.8 cm³/mol. The molecule has 0 aliphatic carbocycles. The molecule has 0 atom stereocenters. The summed E-state index contributed by atoms with van der Waals surface area (Å²) in [6, 6.07) is 4.96. The third-order valence-corrected chi connectivity index (χ3v) is 2.86. The fourth-order valence-corrected chi connectivity index (χ4v) is 1.78. The van der Waals surface area contributed by atoms with Gasteiger partial charge in [-0.15, -0.1) is 0 Å². The highest BCUT2D eigenvalue weighted by Crippen LogP contribution is 2.33. The number of fused-ring (bicyclic) bond motifs is 1. The molecule has 0 saturated carbocycles. The standard InChI is InChI=1S/C12H12O4/c1-12(2)9-4-3-7(6-13)5-8(9)10(14)16-11(12)15/h3-5,13H,6H2,1-2H3. The SMILES string of the molecule is CC1(C)C(=O)OC(=O)c2cc(CO)ccc21. The Hall–Kier alpha value is -1.68. The monoisotopic (exact) mass is 220 g/mol. The number of aliphatic hydroxyl groups excluding tert-OH is 1. The molecule has 1 aromatic rings. The highest BCUT2D eigenvalue weighted by Gasteiger charge is 2.41. The maximum Gasteiger partial charge on any atom is 0.346 e. The van der Waals surface area contributed by atoms with Gasteiger partial charge in [-0.3, -0.25) is 4.79 Å². The van der Waals surface area contributed by atoms with Crippen LogP contribution >= 0.6 is 0 Å². The van der Waals surface area contributed by atoms with Crippen LogP contribution in [0.2, 0.25) is 0 Å². The van der Waals surface area contributed by atoms with Gasteiger partial charge in [0.1, 0.15) is 0 Å². The van der Waals surface area contributed by atoms with Gasteiger partial charge in [0.2, 0.25) is 0 Å². The first kappa shape index (κ1) is 10.8. The minimum absolute atomic E-state index is 0.144. The lowest BCUT2D eigenvalue weighted by Crippen LogP contribution is -2.39. The zero-order valence-electron chi connectivity index (χ0n) is 9.11. The van der Waals surface area contributed by atoms with E-state index in [9.17, 15) is 9.59 Å². The summed E-state index contributed by atoms with van der Waals surface area (Å²) in [6.07, 6.45) is 0. The van der Waals surface area contributed by atoms with Crippen molar-refractivity contribution in [2.24, 2.45) is 0 Å². The maximum absolute atomic E-state index is 11.6. The molecule has 0 unspecified atom stereocenters. The topological polar surface area (TPSA) is 63.6 Å². The van der Waals surface area contributed by atoms with E-state index in [-0.39, 0.29) is 6.61 Å². The van der Waals surface area contributed by atoms with Crippen molar-refractivity contribution in [1.82, 2.24) is 0 Å². The summed E-state index contributed by atoms with van der Waals surface area (Å²) in [5, 5.41) is 8.99. The number of hydrogen-bond acceptors (Lipinski definition) is 4. The highest BCUT2D eigenvalue weighted by molar-refractivity contribution is 6.05. The molecule has 0 saturated heterocycles. The summed E-state index contributed by atoms with van der Waals surface area (Å²) in [5.41, 5.74) is 0.806. The van der Waals surface area contributed by atoms with Crippen LogP contribution in [0, 0.1) is 0 Å². The van der Waals surface area contributed by atoms with E-state index in [1.807, 2.05) is 0 Å². The lowest BCUT2D eigenvalue weighted by Gasteiger charge is -2.29. The van der Waals surface area contributed by atoms with Gasteiger partial charge in [0.15, 0.2) is 0 Å². The summed E-state index contributed by atoms with van der Waals surface area (Å²) in [4.78, 5) is 23.1. The van der Waals surface area contributed by atoms with Gasteiger partial charge in [0, 0.05) is 0 Å². The number of carbonyl (C=O) groups is 2. The lowest BCUT2D eigenvalue weighted by atomic mass is 9.79. The van der Waals surface area contributed by atoms with E-state index >= 15 is 0 Å². The van der Waals surface area contributed by atoms with E-state index in [0.29, 0.717) is 16.7 Å². The van der Waals surface area contributed by atoms with Crippen LogP contribution in [0.3, 0.4) is 0 Å². The van der Waals surface area contributed by atoms with E-state index in [1.54, 1.807) is 32.0 Å². The fraction of sp³-hybridized carbons (Fsp3) is 0.333. The molecule has 4 nitrogen and oxygen atoms in total. The summed E-state index contributed by atoms with van der Waals surface area (Å²) in [6.45, 7) is 3.27. The zero-order valence-corrected chi connectivity index (χ0v) is 9.11. The van der Waals surface area contributed by atoms with Gasteiger partial charge in [0.05, 0.1) is 17.6 Å². The Morgan fingerprint density at radius 1 is 1.31 bits per heavy atom. The van der Waals surface area contributed by atoms with E-state index < -0.39 is 17.4 Å². The minimum atomic E-state index is -0.822. The second-order valence-electron chi connectivity index (χ2n) is 4.34. The van der Waals surface area contributed by atoms with Crippen molar-refractivity contribution >= 4 is 11.9 Å². The molecule has 84 valence electrons. The molecule has 1 aliphatic heterocycles. The van der Waals surface area contributed by atoms with Crippen LogP contribution in [0.5, 0.6) is 0 Å². The van der Waals surface area contributed by atoms with Crippen LogP contribution in [0.1, 0.15) is 35.3 Å². The highest BCUT2D eigenvalue weighted by atomic mass is 16.6. The van der Waals surface area contributed by atoms with Crippen LogP contribution < -0.4 is 0 Å². The smallest absolute Gasteiger partial charge is 0.346 e. The van der Waals surface area contributed by atoms with Crippen LogP contribution in [0.4, 0.5) is 0 Å². The average Bonchev–Trinajstić information content (AvgIpc) is 2.26. The van der Waals surface area contributed by atoms with Crippen molar-refractivity contribution in [3.63, 3.8) is 0 Å². The Labute approximate surface area is 92.8 Å². The molecule has 0 aromatic heterocycles. The summed E-state index contributed by atoms with van der Waals surface area (Å²) in [7, 11) is 0. The van der Waals surface area contributed by atoms with Crippen molar-refractivity contribution < 1.29 is 19.4 Å². The lowest BCUT2D eigenvalue weighted by molar-refractivity contribution is -0.144. The number of hydrogen-bond donors (Lipinski definition) is 1. The van der Waals surface area contributed by atoms with Crippen molar-refractivity contribution in [2.45, 2.75) is 25.9 Å². The molecule has 0 radical (unpaired) electrons. The first-order valence-corrected chi connectivity index (χ1v) is 4.97. The second-order valence-corrected chi connectivity index (χ2v) is 4.34. The maximum atomic E-state index is 11.6. The largest absolute Gasteiger partial charge is 0.392 e. The Morgan fingerprint density at radius 3 is 2.62 bits per heavy atom. The molecule has 0 fully saturated rings. The third kappa shape index (κ3) is 1.42. The molecule has 2 rings (SSSR count). The number of aliphatic hydroxyl groups is 1. The van der Waals surface area contributed by atoms with Gasteiger partial charge >= 0.3 is 11.9 Å². The van der Waals surface area contributed by atoms with Crippen LogP contribution in [-0.2, 0) is 21.6 Å². The van der Waals surface area contributed by atoms with Gasteiger partial charge in [0.25, 0.3) is 0 Å². The van der Waals surface area contributed by atoms with Gasteiger partial charge in [-0.2, -0.15) is 0 Å². The predicted octanol–water partition coefficient (Wildman–Crippen LogP) is 1.15. The molecule has 1 heterocycles. The summed E-state index contributed by atoms with van der Waals surface area (Å²) in [5.74, 6) is -1.18. The van der Waals surface area contributed by atoms with Crippen LogP contribution in [0.25, 0.3) is 0 Å². The molecule has 0 amide bonds. The quantitative estimate of drug-likeness (QED) is 0.569. The molecular formula is C12H12O4. The molecular weight excluding hydrogens is 208 g/mol. The Bertz CT molecular complexity index is 474. The van der Waals surface area contributed by atoms with Crippen molar-refractivity contribution in [2.75, 3.05) is 0 Å². The Kier molecular flexibility index (Phi) is 2.31. The van der Waals surface area contributed by atoms with E-state index in [2.05, 4.69) is 4.74 Å². The van der Waals surface area contributed by atoms with E-state index in [4.69, 9.17) is 5.11 Å². The zero-order chi connectivity index (χ0) is 11.9. The Balaban J connectivity index is 2.64. The van der Waals surface area contributed by atoms with Crippen molar-refractivity contribution in [1.29, 1.82) is 0 Å². The van der Waals surface area contributed by atoms with Gasteiger partial charge < -0.3 is 9.84 Å². The molecule has 1 N–H and O–H groups in total. The number of ether oxygens (including phenoxy) is 1. The number of rotatable bonds is 1. The number of esters is 2. The van der Waals surface area contributed by atoms with Crippen molar-refractivity contribution in [3.8, 4) is 0 Å². The second kappa shape index (κ2) is 3.42. The molecule has 4 heteroatoms. The summed E-state index contributed by atoms with van der Waals surface area (Å²) >= 11 is 0. The molecule has 1 aromatic carbocycles. The van der Waals surface area contributed by atoms with Crippen molar-refractivity contribution in [3.05, 3.63) is 34.9 Å². The van der Waals surface area contributed by atoms with Gasteiger partial charge in [-0.1, -0.05) is 12.1 Å². The molecule has 0 bridgehead atoms. The van der Waals surface area contributed by atoms with Crippen LogP contribution in [0.15, 0.2) is 18.2 Å². The van der Waals surface area contributed by atoms with Crippen LogP contribution in [-0.4, -0.2) is 17.0 Å². The van der Waals surface area contributed by atoms with E-state index in [1.165, 1.54) is 0 Å². The van der Waals surface area contributed by atoms with Gasteiger partial charge in [-0.25, -0.2) is 4.79 Å². The molecule has 0 spiro atoms. The summed E-state index contributed by atoms with van der Waals surface area (Å²) < 4.78 is 4.67. The van der Waals surface area contributed by atoms with E-state index in [0.717, 1.165) is 0 Å². The number of carbonyl (C=O) groups excluding carboxylic acids is 2. The minimum Gasteiger partial charge on any atom is -0.392 e. The average molecular weight is 220 g/mol. The number of cyclic esters (lactones) is 2. The van der Waals surface area contributed by atoms with Gasteiger partial charge in [-0.05, 0) is 31.0 Å². The Morgan fingerprint density at radius 2 is 2.00 bits per heavy atom. The first-order valence-electron chi connectivity index (χ1n) is 4.97.